The van der Waals surface area contributed by atoms with Gasteiger partial charge in [-0.25, -0.2) is 0 Å². The fourth-order valence-electron chi connectivity index (χ4n) is 4.16. The van der Waals surface area contributed by atoms with Gasteiger partial charge in [-0.2, -0.15) is 0 Å². The van der Waals surface area contributed by atoms with Gasteiger partial charge in [-0.15, -0.1) is 0 Å². The van der Waals surface area contributed by atoms with E-state index in [1.807, 2.05) is 0 Å². The Kier molecular flexibility index (Phi) is 9.60. The lowest BCUT2D eigenvalue weighted by atomic mass is 10.0. The molecule has 0 aromatic heterocycles. The summed E-state index contributed by atoms with van der Waals surface area (Å²) in [5.74, 6) is 0. The van der Waals surface area contributed by atoms with Crippen LogP contribution in [-0.4, -0.2) is 132 Å². The van der Waals surface area contributed by atoms with E-state index < -0.39 is 6.10 Å². The molecule has 166 valence electrons. The summed E-state index contributed by atoms with van der Waals surface area (Å²) >= 11 is 0. The third kappa shape index (κ3) is 7.20. The molecule has 0 amide bonds. The highest BCUT2D eigenvalue weighted by atomic mass is 16.5. The fraction of sp³-hybridized carbons (Fsp3) is 1.00. The van der Waals surface area contributed by atoms with Crippen LogP contribution < -0.4 is 0 Å². The van der Waals surface area contributed by atoms with Crippen LogP contribution in [0.15, 0.2) is 0 Å². The number of hydrogen-bond acceptors (Lipinski definition) is 7. The zero-order valence-electron chi connectivity index (χ0n) is 18.8. The molecule has 7 nitrogen and oxygen atoms in total. The smallest absolute Gasteiger partial charge is 0.0900 e. The average molecular weight is 401 g/mol. The van der Waals surface area contributed by atoms with Crippen molar-refractivity contribution in [2.75, 3.05) is 78.7 Å². The number of hydrogen-bond donors (Lipinski definition) is 2. The maximum absolute atomic E-state index is 10.3. The Morgan fingerprint density at radius 2 is 1.43 bits per heavy atom. The summed E-state index contributed by atoms with van der Waals surface area (Å²) in [4.78, 5) is 9.64. The minimum absolute atomic E-state index is 0.142. The molecular weight excluding hydrogens is 356 g/mol. The number of β-amino-alcohol motifs (C(OH)–C–C–N with tert-alkyl or cyclic N) is 1. The van der Waals surface area contributed by atoms with Crippen molar-refractivity contribution < 1.29 is 14.9 Å². The van der Waals surface area contributed by atoms with Crippen molar-refractivity contribution in [1.82, 2.24) is 19.6 Å². The third-order valence-electron chi connectivity index (χ3n) is 6.46. The van der Waals surface area contributed by atoms with Crippen molar-refractivity contribution in [2.24, 2.45) is 0 Å². The fourth-order valence-corrected chi connectivity index (χ4v) is 4.16. The minimum Gasteiger partial charge on any atom is -0.394 e. The van der Waals surface area contributed by atoms with Crippen LogP contribution in [0.4, 0.5) is 0 Å². The van der Waals surface area contributed by atoms with Gasteiger partial charge in [-0.3, -0.25) is 19.6 Å². The topological polar surface area (TPSA) is 62.7 Å². The number of piperazine rings is 2. The number of aliphatic hydroxyl groups is 2. The summed E-state index contributed by atoms with van der Waals surface area (Å²) in [7, 11) is 0. The van der Waals surface area contributed by atoms with E-state index in [2.05, 4.69) is 54.2 Å². The van der Waals surface area contributed by atoms with Crippen LogP contribution in [0, 0.1) is 0 Å². The second-order valence-electron chi connectivity index (χ2n) is 9.46. The Balaban J connectivity index is 1.59. The molecule has 2 aliphatic heterocycles. The number of aliphatic hydroxyl groups excluding tert-OH is 2. The molecule has 2 atom stereocenters. The highest BCUT2D eigenvalue weighted by Gasteiger charge is 2.30. The van der Waals surface area contributed by atoms with Crippen LogP contribution >= 0.6 is 0 Å². The summed E-state index contributed by atoms with van der Waals surface area (Å²) in [6.45, 7) is 21.0. The predicted molar refractivity (Wildman–Crippen MR) is 114 cm³/mol. The second kappa shape index (κ2) is 11.2. The van der Waals surface area contributed by atoms with Crippen molar-refractivity contribution in [3.63, 3.8) is 0 Å². The number of nitrogens with zero attached hydrogens (tertiary/aromatic N) is 4. The summed E-state index contributed by atoms with van der Waals surface area (Å²) in [6, 6.07) is 0.953. The van der Waals surface area contributed by atoms with Crippen LogP contribution in [0.3, 0.4) is 0 Å². The van der Waals surface area contributed by atoms with Gasteiger partial charge < -0.3 is 14.9 Å². The molecule has 2 aliphatic rings. The normalized spacial score (nSPS) is 24.0. The molecule has 0 radical (unpaired) electrons. The molecule has 0 spiro atoms. The summed E-state index contributed by atoms with van der Waals surface area (Å²) in [5.41, 5.74) is -0.142. The lowest BCUT2D eigenvalue weighted by Crippen LogP contribution is -2.58. The maximum Gasteiger partial charge on any atom is 0.0900 e. The van der Waals surface area contributed by atoms with E-state index in [9.17, 15) is 10.2 Å². The molecule has 2 heterocycles. The van der Waals surface area contributed by atoms with Gasteiger partial charge in [0.05, 0.1) is 25.9 Å². The first-order chi connectivity index (χ1) is 13.2. The molecule has 2 rings (SSSR count). The molecular formula is C21H44N4O3. The van der Waals surface area contributed by atoms with Gasteiger partial charge >= 0.3 is 0 Å². The van der Waals surface area contributed by atoms with Gasteiger partial charge in [0.2, 0.25) is 0 Å². The molecule has 0 aromatic rings. The highest BCUT2D eigenvalue weighted by molar-refractivity contribution is 4.86. The van der Waals surface area contributed by atoms with E-state index in [0.29, 0.717) is 31.8 Å². The van der Waals surface area contributed by atoms with Gasteiger partial charge in [0.25, 0.3) is 0 Å². The molecule has 7 heteroatoms. The van der Waals surface area contributed by atoms with Crippen molar-refractivity contribution in [3.05, 3.63) is 0 Å². The van der Waals surface area contributed by atoms with Gasteiger partial charge in [-0.05, 0) is 34.6 Å². The third-order valence-corrected chi connectivity index (χ3v) is 6.46. The van der Waals surface area contributed by atoms with Crippen molar-refractivity contribution in [3.8, 4) is 0 Å². The highest BCUT2D eigenvalue weighted by Crippen LogP contribution is 2.17. The van der Waals surface area contributed by atoms with Crippen molar-refractivity contribution in [2.45, 2.75) is 58.3 Å². The second-order valence-corrected chi connectivity index (χ2v) is 9.46. The molecule has 0 saturated carbocycles. The van der Waals surface area contributed by atoms with Gasteiger partial charge in [0.15, 0.2) is 0 Å². The standard InChI is InChI=1S/C21H44N4O3/c1-18(2)23-8-6-22(7-9-23)14-20(27)16-28-15-19(3)24-10-12-25(13-11-24)21(4,5)17-26/h18-20,26-27H,6-17H2,1-5H3. The van der Waals surface area contributed by atoms with Gasteiger partial charge in [0.1, 0.15) is 0 Å². The molecule has 0 aliphatic carbocycles. The van der Waals surface area contributed by atoms with Crippen LogP contribution in [0.25, 0.3) is 0 Å². The van der Waals surface area contributed by atoms with E-state index >= 15 is 0 Å². The molecule has 2 saturated heterocycles. The van der Waals surface area contributed by atoms with Crippen LogP contribution in [0.5, 0.6) is 0 Å². The Hall–Kier alpha value is -0.280. The summed E-state index contributed by atoms with van der Waals surface area (Å²) < 4.78 is 5.84. The molecule has 2 N–H and O–H groups in total. The molecule has 2 fully saturated rings. The van der Waals surface area contributed by atoms with Crippen LogP contribution in [0.1, 0.15) is 34.6 Å². The molecule has 28 heavy (non-hydrogen) atoms. The van der Waals surface area contributed by atoms with Crippen LogP contribution in [0.2, 0.25) is 0 Å². The van der Waals surface area contributed by atoms with E-state index in [1.165, 1.54) is 0 Å². The largest absolute Gasteiger partial charge is 0.394 e. The molecule has 0 aromatic carbocycles. The summed E-state index contributed by atoms with van der Waals surface area (Å²) in [6.07, 6.45) is -0.417. The van der Waals surface area contributed by atoms with E-state index in [-0.39, 0.29) is 12.1 Å². The first-order valence-corrected chi connectivity index (χ1v) is 11.0. The lowest BCUT2D eigenvalue weighted by molar-refractivity contribution is -0.0290. The Morgan fingerprint density at radius 3 is 1.96 bits per heavy atom. The maximum atomic E-state index is 10.3. The molecule has 0 bridgehead atoms. The van der Waals surface area contributed by atoms with Gasteiger partial charge in [0, 0.05) is 76.5 Å². The Bertz CT molecular complexity index is 433. The SMILES string of the molecule is CC(C)N1CCN(CC(O)COCC(C)N2CCN(C(C)(C)CO)CC2)CC1. The average Bonchev–Trinajstić information content (AvgIpc) is 2.68. The lowest BCUT2D eigenvalue weighted by Gasteiger charge is -2.44. The number of ether oxygens (including phenoxy) is 1. The monoisotopic (exact) mass is 400 g/mol. The predicted octanol–water partition coefficient (Wildman–Crippen LogP) is 0.167. The molecule has 2 unspecified atom stereocenters. The quantitative estimate of drug-likeness (QED) is 0.542. The Morgan fingerprint density at radius 1 is 0.857 bits per heavy atom. The van der Waals surface area contributed by atoms with Crippen molar-refractivity contribution >= 4 is 0 Å². The van der Waals surface area contributed by atoms with Crippen molar-refractivity contribution in [1.29, 1.82) is 0 Å². The minimum atomic E-state index is -0.417. The zero-order chi connectivity index (χ0) is 20.7. The number of rotatable bonds is 10. The van der Waals surface area contributed by atoms with E-state index in [0.717, 1.165) is 52.4 Å². The van der Waals surface area contributed by atoms with Crippen LogP contribution in [-0.2, 0) is 4.74 Å². The van der Waals surface area contributed by atoms with E-state index in [4.69, 9.17) is 4.74 Å². The summed E-state index contributed by atoms with van der Waals surface area (Å²) in [5, 5.41) is 19.9. The Labute approximate surface area is 172 Å². The first kappa shape index (κ1) is 24.0. The first-order valence-electron chi connectivity index (χ1n) is 11.0. The van der Waals surface area contributed by atoms with E-state index in [1.54, 1.807) is 0 Å². The zero-order valence-corrected chi connectivity index (χ0v) is 18.8. The van der Waals surface area contributed by atoms with Gasteiger partial charge in [-0.1, -0.05) is 0 Å².